The second-order valence-electron chi connectivity index (χ2n) is 4.64. The van der Waals surface area contributed by atoms with Gasteiger partial charge < -0.3 is 5.73 Å². The fraction of sp³-hybridized carbons (Fsp3) is 0.500. The lowest BCUT2D eigenvalue weighted by atomic mass is 10.1. The van der Waals surface area contributed by atoms with Gasteiger partial charge in [0.05, 0.1) is 4.90 Å². The summed E-state index contributed by atoms with van der Waals surface area (Å²) in [4.78, 5) is 0.268. The number of halogens is 1. The average molecular weight is 289 g/mol. The van der Waals surface area contributed by atoms with Gasteiger partial charge in [-0.1, -0.05) is 11.6 Å². The molecule has 1 aromatic carbocycles. The summed E-state index contributed by atoms with van der Waals surface area (Å²) in [6.07, 6.45) is 1.86. The summed E-state index contributed by atoms with van der Waals surface area (Å²) >= 11 is 5.97. The normalized spacial score (nSPS) is 16.3. The molecule has 4 nitrogen and oxygen atoms in total. The molecule has 1 saturated carbocycles. The maximum atomic E-state index is 12.5. The van der Waals surface area contributed by atoms with Crippen molar-refractivity contribution in [2.24, 2.45) is 5.73 Å². The van der Waals surface area contributed by atoms with Gasteiger partial charge in [0.2, 0.25) is 10.0 Å². The van der Waals surface area contributed by atoms with E-state index in [1.165, 1.54) is 10.4 Å². The quantitative estimate of drug-likeness (QED) is 0.920. The van der Waals surface area contributed by atoms with Crippen molar-refractivity contribution in [2.45, 2.75) is 37.2 Å². The molecule has 0 unspecified atom stereocenters. The highest BCUT2D eigenvalue weighted by molar-refractivity contribution is 7.89. The maximum absolute atomic E-state index is 12.5. The zero-order chi connectivity index (χ0) is 13.5. The molecule has 100 valence electrons. The smallest absolute Gasteiger partial charge is 0.243 e. The zero-order valence-electron chi connectivity index (χ0n) is 10.5. The third-order valence-electron chi connectivity index (χ3n) is 3.37. The fourth-order valence-electron chi connectivity index (χ4n) is 1.98. The van der Waals surface area contributed by atoms with Gasteiger partial charge in [-0.2, -0.15) is 4.31 Å². The van der Waals surface area contributed by atoms with Crippen molar-refractivity contribution < 1.29 is 8.42 Å². The van der Waals surface area contributed by atoms with Gasteiger partial charge >= 0.3 is 0 Å². The second-order valence-corrected chi connectivity index (χ2v) is 7.05. The number of nitrogens with zero attached hydrogens (tertiary/aromatic N) is 1. The van der Waals surface area contributed by atoms with Crippen LogP contribution in [0.5, 0.6) is 0 Å². The van der Waals surface area contributed by atoms with Crippen molar-refractivity contribution in [1.82, 2.24) is 4.31 Å². The lowest BCUT2D eigenvalue weighted by Gasteiger charge is -2.19. The van der Waals surface area contributed by atoms with E-state index >= 15 is 0 Å². The van der Waals surface area contributed by atoms with E-state index in [9.17, 15) is 8.42 Å². The topological polar surface area (TPSA) is 63.4 Å². The van der Waals surface area contributed by atoms with Gasteiger partial charge in [0, 0.05) is 24.7 Å². The molecule has 2 N–H and O–H groups in total. The Bertz CT molecular complexity index is 568. The minimum absolute atomic E-state index is 0.134. The standard InChI is InChI=1S/C12H17ClN2O2S/c1-8-9(7-14)5-10(13)6-12(8)18(16,17)15(2)11-3-4-11/h5-6,11H,3-4,7,14H2,1-2H3. The van der Waals surface area contributed by atoms with Crippen LogP contribution < -0.4 is 5.73 Å². The van der Waals surface area contributed by atoms with Crippen LogP contribution in [0.1, 0.15) is 24.0 Å². The molecule has 6 heteroatoms. The first-order chi connectivity index (χ1) is 8.37. The Morgan fingerprint density at radius 3 is 2.56 bits per heavy atom. The minimum atomic E-state index is -3.47. The summed E-state index contributed by atoms with van der Waals surface area (Å²) in [5.74, 6) is 0. The van der Waals surface area contributed by atoms with Gasteiger partial charge in [-0.3, -0.25) is 0 Å². The molecule has 1 aliphatic carbocycles. The van der Waals surface area contributed by atoms with Crippen LogP contribution in [0, 0.1) is 6.92 Å². The van der Waals surface area contributed by atoms with E-state index in [0.717, 1.165) is 18.4 Å². The first kappa shape index (κ1) is 13.8. The molecule has 0 spiro atoms. The zero-order valence-corrected chi connectivity index (χ0v) is 12.1. The highest BCUT2D eigenvalue weighted by atomic mass is 35.5. The maximum Gasteiger partial charge on any atom is 0.243 e. The summed E-state index contributed by atoms with van der Waals surface area (Å²) in [6.45, 7) is 2.05. The van der Waals surface area contributed by atoms with Gasteiger partial charge in [-0.15, -0.1) is 0 Å². The monoisotopic (exact) mass is 288 g/mol. The third kappa shape index (κ3) is 2.40. The van der Waals surface area contributed by atoms with E-state index in [4.69, 9.17) is 17.3 Å². The largest absolute Gasteiger partial charge is 0.326 e. The number of nitrogens with two attached hydrogens (primary N) is 1. The van der Waals surface area contributed by atoms with E-state index in [-0.39, 0.29) is 17.5 Å². The summed E-state index contributed by atoms with van der Waals surface area (Å²) in [6, 6.07) is 3.35. The molecule has 1 aromatic rings. The van der Waals surface area contributed by atoms with Crippen molar-refractivity contribution in [1.29, 1.82) is 0 Å². The van der Waals surface area contributed by atoms with Crippen LogP contribution in [-0.4, -0.2) is 25.8 Å². The number of benzene rings is 1. The van der Waals surface area contributed by atoms with E-state index in [2.05, 4.69) is 0 Å². The number of hydrogen-bond donors (Lipinski definition) is 1. The molecule has 1 fully saturated rings. The first-order valence-corrected chi connectivity index (χ1v) is 7.67. The Labute approximate surface area is 113 Å². The van der Waals surface area contributed by atoms with Crippen LogP contribution in [0.2, 0.25) is 5.02 Å². The van der Waals surface area contributed by atoms with Gasteiger partial charge in [-0.25, -0.2) is 8.42 Å². The second kappa shape index (κ2) is 4.81. The molecule has 2 rings (SSSR count). The predicted octanol–water partition coefficient (Wildman–Crippen LogP) is 1.89. The van der Waals surface area contributed by atoms with E-state index in [0.29, 0.717) is 10.6 Å². The molecule has 0 heterocycles. The SMILES string of the molecule is Cc1c(CN)cc(Cl)cc1S(=O)(=O)N(C)C1CC1. The molecule has 0 atom stereocenters. The summed E-state index contributed by atoms with van der Waals surface area (Å²) in [5.41, 5.74) is 7.07. The Hall–Kier alpha value is -0.620. The van der Waals surface area contributed by atoms with Gasteiger partial charge in [-0.05, 0) is 43.0 Å². The summed E-state index contributed by atoms with van der Waals surface area (Å²) < 4.78 is 26.4. The van der Waals surface area contributed by atoms with Crippen molar-refractivity contribution in [3.8, 4) is 0 Å². The number of hydrogen-bond acceptors (Lipinski definition) is 3. The minimum Gasteiger partial charge on any atom is -0.326 e. The molecule has 0 aromatic heterocycles. The lowest BCUT2D eigenvalue weighted by Crippen LogP contribution is -2.29. The Morgan fingerprint density at radius 1 is 1.44 bits per heavy atom. The highest BCUT2D eigenvalue weighted by Crippen LogP contribution is 2.33. The first-order valence-electron chi connectivity index (χ1n) is 5.85. The van der Waals surface area contributed by atoms with Crippen molar-refractivity contribution >= 4 is 21.6 Å². The highest BCUT2D eigenvalue weighted by Gasteiger charge is 2.36. The molecule has 0 saturated heterocycles. The van der Waals surface area contributed by atoms with Crippen molar-refractivity contribution in [3.63, 3.8) is 0 Å². The van der Waals surface area contributed by atoms with Crippen LogP contribution in [0.25, 0.3) is 0 Å². The van der Waals surface area contributed by atoms with E-state index < -0.39 is 10.0 Å². The third-order valence-corrected chi connectivity index (χ3v) is 5.62. The number of sulfonamides is 1. The fourth-order valence-corrected chi connectivity index (χ4v) is 3.99. The predicted molar refractivity (Wildman–Crippen MR) is 72.1 cm³/mol. The van der Waals surface area contributed by atoms with Crippen molar-refractivity contribution in [3.05, 3.63) is 28.3 Å². The summed E-state index contributed by atoms with van der Waals surface area (Å²) in [7, 11) is -1.85. The Balaban J connectivity index is 2.53. The number of rotatable bonds is 4. The molecule has 0 aliphatic heterocycles. The molecule has 1 aliphatic rings. The van der Waals surface area contributed by atoms with Gasteiger partial charge in [0.1, 0.15) is 0 Å². The Morgan fingerprint density at radius 2 is 2.06 bits per heavy atom. The molecule has 18 heavy (non-hydrogen) atoms. The van der Waals surface area contributed by atoms with Crippen LogP contribution >= 0.6 is 11.6 Å². The van der Waals surface area contributed by atoms with Crippen LogP contribution in [0.3, 0.4) is 0 Å². The van der Waals surface area contributed by atoms with Crippen LogP contribution in [-0.2, 0) is 16.6 Å². The molecule has 0 bridgehead atoms. The van der Waals surface area contributed by atoms with Crippen molar-refractivity contribution in [2.75, 3.05) is 7.05 Å². The molecule has 0 amide bonds. The summed E-state index contributed by atoms with van der Waals surface area (Å²) in [5, 5.41) is 0.406. The van der Waals surface area contributed by atoms with E-state index in [1.54, 1.807) is 20.0 Å². The van der Waals surface area contributed by atoms with Crippen LogP contribution in [0.4, 0.5) is 0 Å². The van der Waals surface area contributed by atoms with Crippen LogP contribution in [0.15, 0.2) is 17.0 Å². The van der Waals surface area contributed by atoms with Gasteiger partial charge in [0.25, 0.3) is 0 Å². The average Bonchev–Trinajstić information content (AvgIpc) is 3.14. The lowest BCUT2D eigenvalue weighted by molar-refractivity contribution is 0.463. The molecular formula is C12H17ClN2O2S. The Kier molecular flexibility index (Phi) is 3.69. The molecule has 0 radical (unpaired) electrons. The van der Waals surface area contributed by atoms with Gasteiger partial charge in [0.15, 0.2) is 0 Å². The van der Waals surface area contributed by atoms with E-state index in [1.807, 2.05) is 0 Å². The molecular weight excluding hydrogens is 272 g/mol.